The van der Waals surface area contributed by atoms with E-state index in [1.165, 1.54) is 12.1 Å². The fourth-order valence-corrected chi connectivity index (χ4v) is 4.19. The molecule has 4 heterocycles. The van der Waals surface area contributed by atoms with Gasteiger partial charge in [-0.25, -0.2) is 14.4 Å². The van der Waals surface area contributed by atoms with E-state index >= 15 is 0 Å². The summed E-state index contributed by atoms with van der Waals surface area (Å²) in [7, 11) is 1.64. The Bertz CT molecular complexity index is 1240. The molecule has 0 saturated carbocycles. The van der Waals surface area contributed by atoms with Gasteiger partial charge in [0, 0.05) is 19.0 Å². The molecule has 9 heteroatoms. The molecule has 1 fully saturated rings. The molecule has 4 aromatic rings. The lowest BCUT2D eigenvalue weighted by molar-refractivity contribution is -0.121. The number of hydrogen-bond acceptors (Lipinski definition) is 5. The number of carbonyl (C=O) groups excluding carboxylic acids is 1. The second kappa shape index (κ2) is 6.54. The van der Waals surface area contributed by atoms with Crippen molar-refractivity contribution in [2.45, 2.75) is 25.8 Å². The van der Waals surface area contributed by atoms with Gasteiger partial charge in [0.25, 0.3) is 0 Å². The molecule has 0 radical (unpaired) electrons. The van der Waals surface area contributed by atoms with Gasteiger partial charge in [-0.2, -0.15) is 5.10 Å². The van der Waals surface area contributed by atoms with E-state index in [-0.39, 0.29) is 17.8 Å². The first-order valence-corrected chi connectivity index (χ1v) is 9.54. The first-order chi connectivity index (χ1) is 14.1. The Morgan fingerprint density at radius 2 is 2.17 bits per heavy atom. The van der Waals surface area contributed by atoms with E-state index in [2.05, 4.69) is 20.5 Å². The van der Waals surface area contributed by atoms with Crippen LogP contribution < -0.4 is 10.2 Å². The van der Waals surface area contributed by atoms with Crippen LogP contribution in [0.2, 0.25) is 0 Å². The number of aromatic amines is 1. The predicted molar refractivity (Wildman–Crippen MR) is 108 cm³/mol. The number of amides is 1. The predicted octanol–water partition coefficient (Wildman–Crippen LogP) is 2.46. The summed E-state index contributed by atoms with van der Waals surface area (Å²) in [5.74, 6) is 0.221. The van der Waals surface area contributed by atoms with Crippen molar-refractivity contribution in [3.8, 4) is 5.69 Å². The van der Waals surface area contributed by atoms with Gasteiger partial charge in [-0.3, -0.25) is 9.89 Å². The van der Waals surface area contributed by atoms with Crippen LogP contribution in [-0.4, -0.2) is 50.3 Å². The van der Waals surface area contributed by atoms with E-state index in [0.29, 0.717) is 5.95 Å². The van der Waals surface area contributed by atoms with E-state index in [9.17, 15) is 9.18 Å². The Labute approximate surface area is 165 Å². The highest BCUT2D eigenvalue weighted by Crippen LogP contribution is 2.32. The summed E-state index contributed by atoms with van der Waals surface area (Å²) in [5, 5.41) is 10.5. The van der Waals surface area contributed by atoms with Gasteiger partial charge in [0.1, 0.15) is 11.9 Å². The number of hydrogen-bond donors (Lipinski definition) is 2. The molecule has 0 bridgehead atoms. The SMILES string of the molecule is CNC(=O)C1CCCN1c1ncc(-n2c3ccc(F)cc3c3[nH]ncc32)c(C)n1. The largest absolute Gasteiger partial charge is 0.357 e. The summed E-state index contributed by atoms with van der Waals surface area (Å²) in [6.07, 6.45) is 5.17. The summed E-state index contributed by atoms with van der Waals surface area (Å²) in [5.41, 5.74) is 4.00. The molecule has 1 unspecified atom stereocenters. The molecule has 2 N–H and O–H groups in total. The van der Waals surface area contributed by atoms with Crippen molar-refractivity contribution in [1.82, 2.24) is 30.0 Å². The van der Waals surface area contributed by atoms with Crippen molar-refractivity contribution in [1.29, 1.82) is 0 Å². The molecular formula is C20H20FN7O. The number of likely N-dealkylation sites (N-methyl/N-ethyl adjacent to an activating group) is 1. The second-order valence-electron chi connectivity index (χ2n) is 7.23. The average Bonchev–Trinajstić information content (AvgIpc) is 3.44. The molecule has 29 heavy (non-hydrogen) atoms. The zero-order valence-electron chi connectivity index (χ0n) is 16.1. The van der Waals surface area contributed by atoms with E-state index in [4.69, 9.17) is 4.98 Å². The van der Waals surface area contributed by atoms with Gasteiger partial charge >= 0.3 is 0 Å². The lowest BCUT2D eigenvalue weighted by atomic mass is 10.2. The van der Waals surface area contributed by atoms with Gasteiger partial charge in [0.05, 0.1) is 40.3 Å². The number of anilines is 1. The first-order valence-electron chi connectivity index (χ1n) is 9.54. The number of rotatable bonds is 3. The molecule has 1 aromatic carbocycles. The lowest BCUT2D eigenvalue weighted by Gasteiger charge is -2.24. The van der Waals surface area contributed by atoms with Crippen molar-refractivity contribution in [2.24, 2.45) is 0 Å². The molecule has 3 aromatic heterocycles. The van der Waals surface area contributed by atoms with Gasteiger partial charge in [-0.05, 0) is 38.0 Å². The van der Waals surface area contributed by atoms with E-state index in [1.807, 2.05) is 16.4 Å². The number of nitrogens with zero attached hydrogens (tertiary/aromatic N) is 5. The Balaban J connectivity index is 1.63. The van der Waals surface area contributed by atoms with Crippen molar-refractivity contribution in [2.75, 3.05) is 18.5 Å². The van der Waals surface area contributed by atoms with Crippen LogP contribution in [0.25, 0.3) is 27.6 Å². The molecule has 5 rings (SSSR count). The monoisotopic (exact) mass is 393 g/mol. The van der Waals surface area contributed by atoms with Crippen molar-refractivity contribution in [3.05, 3.63) is 42.1 Å². The molecule has 1 aliphatic rings. The van der Waals surface area contributed by atoms with E-state index in [1.54, 1.807) is 25.5 Å². The van der Waals surface area contributed by atoms with Gasteiger partial charge in [0.2, 0.25) is 11.9 Å². The summed E-state index contributed by atoms with van der Waals surface area (Å²) >= 11 is 0. The molecule has 0 spiro atoms. The van der Waals surface area contributed by atoms with Gasteiger partial charge < -0.3 is 14.8 Å². The number of halogens is 1. The van der Waals surface area contributed by atoms with Crippen LogP contribution in [0.3, 0.4) is 0 Å². The van der Waals surface area contributed by atoms with Crippen LogP contribution in [0.1, 0.15) is 18.5 Å². The number of H-pyrrole nitrogens is 1. The van der Waals surface area contributed by atoms with Crippen LogP contribution in [0, 0.1) is 12.7 Å². The summed E-state index contributed by atoms with van der Waals surface area (Å²) in [6.45, 7) is 2.65. The number of benzene rings is 1. The standard InChI is InChI=1S/C20H20FN7O/c1-11-16(9-23-20(25-11)27-7-3-4-15(27)19(29)22-2)28-14-6-5-12(21)8-13(14)18-17(28)10-24-26-18/h5-6,8-10,15H,3-4,7H2,1-2H3,(H,22,29)(H,24,26). The van der Waals surface area contributed by atoms with Gasteiger partial charge in [-0.15, -0.1) is 0 Å². The molecule has 8 nitrogen and oxygen atoms in total. The molecule has 1 aliphatic heterocycles. The fourth-order valence-electron chi connectivity index (χ4n) is 4.19. The minimum Gasteiger partial charge on any atom is -0.357 e. The zero-order chi connectivity index (χ0) is 20.1. The van der Waals surface area contributed by atoms with Crippen LogP contribution in [0.15, 0.2) is 30.6 Å². The number of aromatic nitrogens is 5. The topological polar surface area (TPSA) is 91.7 Å². The third-order valence-electron chi connectivity index (χ3n) is 5.57. The Morgan fingerprint density at radius 1 is 1.31 bits per heavy atom. The molecule has 1 saturated heterocycles. The van der Waals surface area contributed by atoms with E-state index < -0.39 is 0 Å². The Kier molecular flexibility index (Phi) is 3.97. The van der Waals surface area contributed by atoms with Crippen molar-refractivity contribution >= 4 is 33.8 Å². The Hall–Kier alpha value is -3.49. The third kappa shape index (κ3) is 2.65. The quantitative estimate of drug-likeness (QED) is 0.558. The highest BCUT2D eigenvalue weighted by Gasteiger charge is 2.32. The maximum atomic E-state index is 13.8. The normalized spacial score (nSPS) is 16.8. The van der Waals surface area contributed by atoms with Crippen molar-refractivity contribution < 1.29 is 9.18 Å². The van der Waals surface area contributed by atoms with Crippen LogP contribution in [-0.2, 0) is 4.79 Å². The van der Waals surface area contributed by atoms with Crippen molar-refractivity contribution in [3.63, 3.8) is 0 Å². The summed E-state index contributed by atoms with van der Waals surface area (Å²) < 4.78 is 15.8. The lowest BCUT2D eigenvalue weighted by Crippen LogP contribution is -2.42. The fraction of sp³-hybridized carbons (Fsp3) is 0.300. The summed E-state index contributed by atoms with van der Waals surface area (Å²) in [6, 6.07) is 4.43. The highest BCUT2D eigenvalue weighted by molar-refractivity contribution is 6.06. The molecule has 0 aliphatic carbocycles. The maximum Gasteiger partial charge on any atom is 0.242 e. The number of carbonyl (C=O) groups is 1. The van der Waals surface area contributed by atoms with Crippen LogP contribution >= 0.6 is 0 Å². The van der Waals surface area contributed by atoms with Crippen LogP contribution in [0.4, 0.5) is 10.3 Å². The smallest absolute Gasteiger partial charge is 0.242 e. The number of aryl methyl sites for hydroxylation is 1. The van der Waals surface area contributed by atoms with Gasteiger partial charge in [-0.1, -0.05) is 0 Å². The van der Waals surface area contributed by atoms with Crippen LogP contribution in [0.5, 0.6) is 0 Å². The number of fused-ring (bicyclic) bond motifs is 3. The van der Waals surface area contributed by atoms with E-state index in [0.717, 1.165) is 52.7 Å². The summed E-state index contributed by atoms with van der Waals surface area (Å²) in [4.78, 5) is 23.4. The van der Waals surface area contributed by atoms with Gasteiger partial charge in [0.15, 0.2) is 0 Å². The Morgan fingerprint density at radius 3 is 2.97 bits per heavy atom. The molecule has 1 amide bonds. The number of nitrogens with one attached hydrogen (secondary N) is 2. The minimum atomic E-state index is -0.302. The molecule has 148 valence electrons. The zero-order valence-corrected chi connectivity index (χ0v) is 16.1. The highest BCUT2D eigenvalue weighted by atomic mass is 19.1. The molecular weight excluding hydrogens is 373 g/mol. The third-order valence-corrected chi connectivity index (χ3v) is 5.57. The average molecular weight is 393 g/mol. The maximum absolute atomic E-state index is 13.8. The molecule has 1 atom stereocenters. The second-order valence-corrected chi connectivity index (χ2v) is 7.23. The minimum absolute atomic E-state index is 0.0219. The first kappa shape index (κ1) is 17.6.